The summed E-state index contributed by atoms with van der Waals surface area (Å²) in [6, 6.07) is 9.64. The fraction of sp³-hybridized carbons (Fsp3) is 0.375. The molecule has 1 aromatic carbocycles. The molecule has 0 aliphatic carbocycles. The molecule has 0 spiro atoms. The Balaban J connectivity index is 1.47. The number of aryl methyl sites for hydroxylation is 1. The lowest BCUT2D eigenvalue weighted by atomic mass is 10.0. The van der Waals surface area contributed by atoms with Gasteiger partial charge in [0, 0.05) is 29.9 Å². The van der Waals surface area contributed by atoms with Gasteiger partial charge in [-0.25, -0.2) is 4.79 Å². The van der Waals surface area contributed by atoms with Crippen LogP contribution in [0.5, 0.6) is 5.75 Å². The van der Waals surface area contributed by atoms with Crippen LogP contribution in [0, 0.1) is 5.92 Å². The van der Waals surface area contributed by atoms with Crippen LogP contribution in [0.3, 0.4) is 0 Å². The van der Waals surface area contributed by atoms with E-state index in [-0.39, 0.29) is 18.4 Å². The molecule has 33 heavy (non-hydrogen) atoms. The molecule has 0 aliphatic heterocycles. The Labute approximate surface area is 192 Å². The van der Waals surface area contributed by atoms with Crippen molar-refractivity contribution in [1.82, 2.24) is 20.4 Å². The Hall–Kier alpha value is -3.75. The van der Waals surface area contributed by atoms with Gasteiger partial charge in [0.05, 0.1) is 13.2 Å². The van der Waals surface area contributed by atoms with E-state index in [9.17, 15) is 9.59 Å². The monoisotopic (exact) mass is 452 g/mol. The van der Waals surface area contributed by atoms with Crippen molar-refractivity contribution in [1.29, 1.82) is 0 Å². The van der Waals surface area contributed by atoms with Crippen LogP contribution in [0.25, 0.3) is 11.4 Å². The lowest BCUT2D eigenvalue weighted by Gasteiger charge is -2.21. The number of aromatic nitrogens is 3. The molecule has 0 bridgehead atoms. The van der Waals surface area contributed by atoms with E-state index >= 15 is 0 Å². The van der Waals surface area contributed by atoms with Gasteiger partial charge in [0.15, 0.2) is 0 Å². The number of rotatable bonds is 11. The number of carbonyl (C=O) groups is 2. The molecule has 0 saturated carbocycles. The van der Waals surface area contributed by atoms with Crippen molar-refractivity contribution in [3.63, 3.8) is 0 Å². The first-order valence-electron chi connectivity index (χ1n) is 10.9. The quantitative estimate of drug-likeness (QED) is 0.347. The number of carbonyl (C=O) groups excluding carboxylic acids is 2. The van der Waals surface area contributed by atoms with Crippen molar-refractivity contribution in [2.75, 3.05) is 13.2 Å². The highest BCUT2D eigenvalue weighted by Gasteiger charge is 2.26. The summed E-state index contributed by atoms with van der Waals surface area (Å²) in [6.45, 7) is 6.31. The first-order valence-corrected chi connectivity index (χ1v) is 10.9. The molecule has 1 amide bonds. The van der Waals surface area contributed by atoms with E-state index in [1.54, 1.807) is 42.7 Å². The molecule has 3 rings (SSSR count). The Morgan fingerprint density at radius 2 is 1.94 bits per heavy atom. The van der Waals surface area contributed by atoms with Gasteiger partial charge in [0.1, 0.15) is 11.8 Å². The van der Waals surface area contributed by atoms with Crippen molar-refractivity contribution < 1.29 is 23.6 Å². The second-order valence-electron chi connectivity index (χ2n) is 7.68. The van der Waals surface area contributed by atoms with E-state index in [1.807, 2.05) is 26.8 Å². The summed E-state index contributed by atoms with van der Waals surface area (Å²) in [6.07, 6.45) is 4.30. The molecule has 0 fully saturated rings. The Kier molecular flexibility index (Phi) is 8.51. The van der Waals surface area contributed by atoms with Crippen molar-refractivity contribution in [3.05, 3.63) is 60.2 Å². The number of hydrogen-bond acceptors (Lipinski definition) is 8. The zero-order valence-corrected chi connectivity index (χ0v) is 19.0. The van der Waals surface area contributed by atoms with E-state index in [0.717, 1.165) is 5.56 Å². The largest absolute Gasteiger partial charge is 0.494 e. The third-order valence-electron chi connectivity index (χ3n) is 4.80. The highest BCUT2D eigenvalue weighted by atomic mass is 16.5. The molecule has 2 heterocycles. The van der Waals surface area contributed by atoms with Crippen molar-refractivity contribution in [3.8, 4) is 17.1 Å². The lowest BCUT2D eigenvalue weighted by Crippen LogP contribution is -2.45. The topological polar surface area (TPSA) is 116 Å². The molecule has 9 heteroatoms. The van der Waals surface area contributed by atoms with E-state index in [4.69, 9.17) is 14.0 Å². The second-order valence-corrected chi connectivity index (χ2v) is 7.68. The summed E-state index contributed by atoms with van der Waals surface area (Å²) in [7, 11) is 0. The summed E-state index contributed by atoms with van der Waals surface area (Å²) >= 11 is 0. The van der Waals surface area contributed by atoms with Crippen molar-refractivity contribution >= 4 is 11.9 Å². The fourth-order valence-corrected chi connectivity index (χ4v) is 3.05. The summed E-state index contributed by atoms with van der Waals surface area (Å²) in [5, 5.41) is 6.70. The smallest absolute Gasteiger partial charge is 0.328 e. The molecule has 174 valence electrons. The molecule has 0 radical (unpaired) electrons. The number of nitrogens with one attached hydrogen (secondary N) is 1. The second kappa shape index (κ2) is 11.8. The molecule has 1 N–H and O–H groups in total. The average Bonchev–Trinajstić information content (AvgIpc) is 3.30. The van der Waals surface area contributed by atoms with E-state index < -0.39 is 12.0 Å². The van der Waals surface area contributed by atoms with Crippen LogP contribution >= 0.6 is 0 Å². The van der Waals surface area contributed by atoms with Crippen LogP contribution in [0.2, 0.25) is 0 Å². The minimum Gasteiger partial charge on any atom is -0.494 e. The predicted octanol–water partition coefficient (Wildman–Crippen LogP) is 3.46. The van der Waals surface area contributed by atoms with Crippen LogP contribution in [0.4, 0.5) is 0 Å². The number of ether oxygens (including phenoxy) is 2. The number of hydrogen-bond donors (Lipinski definition) is 1. The lowest BCUT2D eigenvalue weighted by molar-refractivity contribution is -0.147. The number of nitrogens with zero attached hydrogens (tertiary/aromatic N) is 3. The number of amides is 1. The van der Waals surface area contributed by atoms with Crippen LogP contribution < -0.4 is 10.1 Å². The highest BCUT2D eigenvalue weighted by Crippen LogP contribution is 2.15. The first-order chi connectivity index (χ1) is 16.0. The maximum Gasteiger partial charge on any atom is 0.328 e. The van der Waals surface area contributed by atoms with Gasteiger partial charge in [-0.05, 0) is 55.7 Å². The Bertz CT molecular complexity index is 1030. The summed E-state index contributed by atoms with van der Waals surface area (Å²) in [5.41, 5.74) is 1.21. The normalized spacial score (nSPS) is 11.8. The molecule has 3 aromatic rings. The van der Waals surface area contributed by atoms with Gasteiger partial charge in [-0.1, -0.05) is 19.0 Å². The predicted molar refractivity (Wildman–Crippen MR) is 121 cm³/mol. The third kappa shape index (κ3) is 6.86. The minimum atomic E-state index is -0.760. The molecule has 0 aliphatic rings. The van der Waals surface area contributed by atoms with Gasteiger partial charge >= 0.3 is 5.97 Å². The maximum absolute atomic E-state index is 12.6. The molecule has 0 unspecified atom stereocenters. The van der Waals surface area contributed by atoms with Gasteiger partial charge in [-0.15, -0.1) is 0 Å². The van der Waals surface area contributed by atoms with E-state index in [2.05, 4.69) is 20.4 Å². The van der Waals surface area contributed by atoms with E-state index in [0.29, 0.717) is 42.5 Å². The van der Waals surface area contributed by atoms with Crippen LogP contribution in [-0.4, -0.2) is 46.3 Å². The third-order valence-corrected chi connectivity index (χ3v) is 4.80. The summed E-state index contributed by atoms with van der Waals surface area (Å²) in [5.74, 6) is 0.638. The first kappa shape index (κ1) is 23.9. The standard InChI is InChI=1S/C24H28N4O5/c1-4-31-19-11-9-17(10-12-19)23(29)27-21(16(2)3)24(30)32-14-6-8-20-26-22(28-33-20)18-7-5-13-25-15-18/h5,7,9-13,15-16,21H,4,6,8,14H2,1-3H3,(H,27,29)/t21-/m0/s1. The fourth-order valence-electron chi connectivity index (χ4n) is 3.05. The van der Waals surface area contributed by atoms with Crippen molar-refractivity contribution in [2.45, 2.75) is 39.7 Å². The molecule has 0 saturated heterocycles. The minimum absolute atomic E-state index is 0.137. The molecule has 9 nitrogen and oxygen atoms in total. The van der Waals surface area contributed by atoms with Gasteiger partial charge in [-0.2, -0.15) is 4.98 Å². The van der Waals surface area contributed by atoms with Crippen LogP contribution in [0.1, 0.15) is 43.4 Å². The van der Waals surface area contributed by atoms with Crippen LogP contribution in [0.15, 0.2) is 53.3 Å². The van der Waals surface area contributed by atoms with Gasteiger partial charge in [-0.3, -0.25) is 9.78 Å². The SMILES string of the molecule is CCOc1ccc(C(=O)N[C@H](C(=O)OCCCc2nc(-c3cccnc3)no2)C(C)C)cc1. The molecular weight excluding hydrogens is 424 g/mol. The number of pyridine rings is 1. The highest BCUT2D eigenvalue weighted by molar-refractivity contribution is 5.96. The van der Waals surface area contributed by atoms with Crippen molar-refractivity contribution in [2.24, 2.45) is 5.92 Å². The maximum atomic E-state index is 12.6. The molecule has 2 aromatic heterocycles. The summed E-state index contributed by atoms with van der Waals surface area (Å²) < 4.78 is 16.0. The van der Waals surface area contributed by atoms with E-state index in [1.165, 1.54) is 0 Å². The number of benzene rings is 1. The molecule has 1 atom stereocenters. The Morgan fingerprint density at radius 3 is 2.61 bits per heavy atom. The summed E-state index contributed by atoms with van der Waals surface area (Å²) in [4.78, 5) is 33.5. The number of esters is 1. The van der Waals surface area contributed by atoms with Crippen LogP contribution in [-0.2, 0) is 16.0 Å². The van der Waals surface area contributed by atoms with Gasteiger partial charge in [0.25, 0.3) is 5.91 Å². The zero-order valence-electron chi connectivity index (χ0n) is 19.0. The Morgan fingerprint density at radius 1 is 1.15 bits per heavy atom. The zero-order chi connectivity index (χ0) is 23.6. The van der Waals surface area contributed by atoms with Gasteiger partial charge < -0.3 is 19.3 Å². The molecular formula is C24H28N4O5. The average molecular weight is 453 g/mol. The van der Waals surface area contributed by atoms with Gasteiger partial charge in [0.2, 0.25) is 11.7 Å².